The van der Waals surface area contributed by atoms with Gasteiger partial charge in [0.15, 0.2) is 5.13 Å². The van der Waals surface area contributed by atoms with Gasteiger partial charge in [-0.3, -0.25) is 9.59 Å². The van der Waals surface area contributed by atoms with E-state index in [9.17, 15) is 9.59 Å². The van der Waals surface area contributed by atoms with Crippen LogP contribution in [-0.4, -0.2) is 28.2 Å². The van der Waals surface area contributed by atoms with Crippen molar-refractivity contribution < 1.29 is 9.59 Å². The Morgan fingerprint density at radius 3 is 2.89 bits per heavy atom. The molecular weight excluding hydrogens is 250 g/mol. The Balaban J connectivity index is 2.15. The molecule has 1 aromatic rings. The van der Waals surface area contributed by atoms with Gasteiger partial charge in [0.25, 0.3) is 0 Å². The minimum Gasteiger partial charge on any atom is -0.334 e. The number of carbonyl (C=O) groups is 2. The molecule has 0 bridgehead atoms. The van der Waals surface area contributed by atoms with E-state index in [0.717, 1.165) is 31.5 Å². The Kier molecular flexibility index (Phi) is 3.96. The first-order chi connectivity index (χ1) is 8.58. The van der Waals surface area contributed by atoms with Crippen LogP contribution in [0.2, 0.25) is 0 Å². The van der Waals surface area contributed by atoms with Crippen molar-refractivity contribution in [2.24, 2.45) is 0 Å². The predicted octanol–water partition coefficient (Wildman–Crippen LogP) is 2.17. The molecular formula is C12H17N3O2S. The lowest BCUT2D eigenvalue weighted by Crippen LogP contribution is -2.37. The fourth-order valence-electron chi connectivity index (χ4n) is 2.26. The largest absolute Gasteiger partial charge is 0.334 e. The molecule has 1 fully saturated rings. The molecule has 2 amide bonds. The van der Waals surface area contributed by atoms with Crippen LogP contribution in [0.3, 0.4) is 0 Å². The normalized spacial score (nSPS) is 19.7. The first kappa shape index (κ1) is 13.0. The zero-order valence-corrected chi connectivity index (χ0v) is 11.4. The van der Waals surface area contributed by atoms with Crippen LogP contribution in [0.4, 0.5) is 5.13 Å². The van der Waals surface area contributed by atoms with Gasteiger partial charge in [-0.05, 0) is 19.3 Å². The number of likely N-dealkylation sites (tertiary alicyclic amines) is 1. The molecule has 2 heterocycles. The minimum atomic E-state index is -0.122. The van der Waals surface area contributed by atoms with Gasteiger partial charge in [0.05, 0.1) is 11.7 Å². The summed E-state index contributed by atoms with van der Waals surface area (Å²) in [7, 11) is 0. The van der Waals surface area contributed by atoms with Crippen molar-refractivity contribution in [2.45, 2.75) is 39.2 Å². The summed E-state index contributed by atoms with van der Waals surface area (Å²) in [5.41, 5.74) is 0.888. The minimum absolute atomic E-state index is 0.0648. The molecule has 1 aliphatic heterocycles. The van der Waals surface area contributed by atoms with Crippen LogP contribution in [0.5, 0.6) is 0 Å². The third-order valence-corrected chi connectivity index (χ3v) is 3.83. The first-order valence-electron chi connectivity index (χ1n) is 6.08. The van der Waals surface area contributed by atoms with Crippen LogP contribution in [0.15, 0.2) is 5.38 Å². The monoisotopic (exact) mass is 267 g/mol. The summed E-state index contributed by atoms with van der Waals surface area (Å²) in [6.07, 6.45) is 3.11. The highest BCUT2D eigenvalue weighted by atomic mass is 32.1. The standard InChI is InChI=1S/C12H17N3O2S/c1-8(16)13-12-14-10(7-18-12)11-5-3-4-6-15(11)9(2)17/h7,11H,3-6H2,1-2H3,(H,13,14,16). The second kappa shape index (κ2) is 5.48. The summed E-state index contributed by atoms with van der Waals surface area (Å²) in [5.74, 6) is -0.0308. The zero-order chi connectivity index (χ0) is 13.1. The number of amides is 2. The van der Waals surface area contributed by atoms with Crippen molar-refractivity contribution in [1.29, 1.82) is 0 Å². The average molecular weight is 267 g/mol. The number of nitrogens with one attached hydrogen (secondary N) is 1. The second-order valence-corrected chi connectivity index (χ2v) is 5.34. The summed E-state index contributed by atoms with van der Waals surface area (Å²) in [6, 6.07) is 0.0648. The molecule has 6 heteroatoms. The van der Waals surface area contributed by atoms with E-state index < -0.39 is 0 Å². The molecule has 1 atom stereocenters. The van der Waals surface area contributed by atoms with Crippen LogP contribution < -0.4 is 5.32 Å². The molecule has 1 aliphatic rings. The molecule has 0 saturated carbocycles. The smallest absolute Gasteiger partial charge is 0.223 e. The van der Waals surface area contributed by atoms with E-state index in [1.165, 1.54) is 18.3 Å². The van der Waals surface area contributed by atoms with E-state index in [1.807, 2.05) is 10.3 Å². The number of anilines is 1. The van der Waals surface area contributed by atoms with E-state index >= 15 is 0 Å². The highest BCUT2D eigenvalue weighted by Crippen LogP contribution is 2.32. The highest BCUT2D eigenvalue weighted by Gasteiger charge is 2.27. The van der Waals surface area contributed by atoms with E-state index in [2.05, 4.69) is 10.3 Å². The van der Waals surface area contributed by atoms with Gasteiger partial charge >= 0.3 is 0 Å². The molecule has 0 spiro atoms. The molecule has 98 valence electrons. The van der Waals surface area contributed by atoms with Crippen molar-refractivity contribution in [3.63, 3.8) is 0 Å². The Bertz CT molecular complexity index is 458. The van der Waals surface area contributed by atoms with Gasteiger partial charge in [-0.25, -0.2) is 4.98 Å². The van der Waals surface area contributed by atoms with Crippen molar-refractivity contribution in [1.82, 2.24) is 9.88 Å². The van der Waals surface area contributed by atoms with E-state index in [1.54, 1.807) is 6.92 Å². The van der Waals surface area contributed by atoms with Crippen LogP contribution in [0, 0.1) is 0 Å². The zero-order valence-electron chi connectivity index (χ0n) is 10.6. The molecule has 0 aliphatic carbocycles. The van der Waals surface area contributed by atoms with Gasteiger partial charge in [0.1, 0.15) is 0 Å². The lowest BCUT2D eigenvalue weighted by Gasteiger charge is -2.34. The maximum absolute atomic E-state index is 11.6. The van der Waals surface area contributed by atoms with Gasteiger partial charge in [0, 0.05) is 25.8 Å². The maximum atomic E-state index is 11.6. The number of hydrogen-bond acceptors (Lipinski definition) is 4. The molecule has 0 aromatic carbocycles. The van der Waals surface area contributed by atoms with Crippen molar-refractivity contribution in [3.8, 4) is 0 Å². The number of piperidine rings is 1. The Morgan fingerprint density at radius 2 is 2.22 bits per heavy atom. The van der Waals surface area contributed by atoms with Gasteiger partial charge < -0.3 is 10.2 Å². The number of hydrogen-bond donors (Lipinski definition) is 1. The Hall–Kier alpha value is -1.43. The fraction of sp³-hybridized carbons (Fsp3) is 0.583. The van der Waals surface area contributed by atoms with Crippen molar-refractivity contribution in [2.75, 3.05) is 11.9 Å². The average Bonchev–Trinajstić information content (AvgIpc) is 2.76. The first-order valence-corrected chi connectivity index (χ1v) is 6.96. The maximum Gasteiger partial charge on any atom is 0.223 e. The summed E-state index contributed by atoms with van der Waals surface area (Å²) >= 11 is 1.40. The molecule has 18 heavy (non-hydrogen) atoms. The van der Waals surface area contributed by atoms with E-state index in [-0.39, 0.29) is 17.9 Å². The van der Waals surface area contributed by atoms with Gasteiger partial charge in [-0.1, -0.05) is 0 Å². The quantitative estimate of drug-likeness (QED) is 0.893. The predicted molar refractivity (Wildman–Crippen MR) is 70.4 cm³/mol. The third kappa shape index (κ3) is 2.87. The summed E-state index contributed by atoms with van der Waals surface area (Å²) in [5, 5.41) is 5.20. The molecule has 2 rings (SSSR count). The third-order valence-electron chi connectivity index (χ3n) is 3.05. The van der Waals surface area contributed by atoms with Gasteiger partial charge in [-0.15, -0.1) is 11.3 Å². The lowest BCUT2D eigenvalue weighted by atomic mass is 10.00. The number of rotatable bonds is 2. The molecule has 1 N–H and O–H groups in total. The summed E-state index contributed by atoms with van der Waals surface area (Å²) in [4.78, 5) is 28.8. The topological polar surface area (TPSA) is 62.3 Å². The van der Waals surface area contributed by atoms with Crippen LogP contribution in [0.25, 0.3) is 0 Å². The van der Waals surface area contributed by atoms with Crippen LogP contribution in [0.1, 0.15) is 44.8 Å². The van der Waals surface area contributed by atoms with E-state index in [4.69, 9.17) is 0 Å². The summed E-state index contributed by atoms with van der Waals surface area (Å²) in [6.45, 7) is 3.86. The van der Waals surface area contributed by atoms with Crippen molar-refractivity contribution >= 4 is 28.3 Å². The SMILES string of the molecule is CC(=O)Nc1nc(C2CCCCN2C(C)=O)cs1. The fourth-order valence-corrected chi connectivity index (χ4v) is 3.07. The van der Waals surface area contributed by atoms with E-state index in [0.29, 0.717) is 5.13 Å². The van der Waals surface area contributed by atoms with Crippen LogP contribution in [-0.2, 0) is 9.59 Å². The summed E-state index contributed by atoms with van der Waals surface area (Å²) < 4.78 is 0. The number of thiazole rings is 1. The second-order valence-electron chi connectivity index (χ2n) is 4.48. The Morgan fingerprint density at radius 1 is 1.44 bits per heavy atom. The number of aromatic nitrogens is 1. The molecule has 1 saturated heterocycles. The Labute approximate surface area is 110 Å². The lowest BCUT2D eigenvalue weighted by molar-refractivity contribution is -0.132. The number of nitrogens with zero attached hydrogens (tertiary/aromatic N) is 2. The van der Waals surface area contributed by atoms with Gasteiger partial charge in [-0.2, -0.15) is 0 Å². The van der Waals surface area contributed by atoms with Crippen LogP contribution >= 0.6 is 11.3 Å². The number of carbonyl (C=O) groups excluding carboxylic acids is 2. The highest BCUT2D eigenvalue weighted by molar-refractivity contribution is 7.13. The van der Waals surface area contributed by atoms with Gasteiger partial charge in [0.2, 0.25) is 11.8 Å². The molecule has 5 nitrogen and oxygen atoms in total. The molecule has 1 aromatic heterocycles. The molecule has 1 unspecified atom stereocenters. The molecule has 0 radical (unpaired) electrons. The van der Waals surface area contributed by atoms with Crippen molar-refractivity contribution in [3.05, 3.63) is 11.1 Å².